The van der Waals surface area contributed by atoms with Gasteiger partial charge in [-0.15, -0.1) is 11.3 Å². The largest absolute Gasteiger partial charge is 0.507 e. The smallest absolute Gasteiger partial charge is 0.124 e. The predicted molar refractivity (Wildman–Crippen MR) is 106 cm³/mol. The van der Waals surface area contributed by atoms with Crippen LogP contribution in [-0.2, 0) is 19.4 Å². The van der Waals surface area contributed by atoms with Crippen molar-refractivity contribution in [3.8, 4) is 5.75 Å². The third-order valence-electron chi connectivity index (χ3n) is 6.09. The fourth-order valence-electron chi connectivity index (χ4n) is 4.59. The molecule has 0 spiro atoms. The summed E-state index contributed by atoms with van der Waals surface area (Å²) in [6, 6.07) is 12.7. The minimum absolute atomic E-state index is 0.506. The van der Waals surface area contributed by atoms with Crippen molar-refractivity contribution in [1.29, 1.82) is 0 Å². The van der Waals surface area contributed by atoms with Gasteiger partial charge in [0.25, 0.3) is 0 Å². The van der Waals surface area contributed by atoms with Crippen LogP contribution < -0.4 is 4.90 Å². The standard InChI is InChI=1S/C22H24N2OS/c25-20-13-17-5-3-4-16(17)12-18(20)14-24-10-8-15(9-11-24)22-23-19-6-1-2-7-21(19)26-22/h1-2,6-7,12-13,15,25H,3-5,8-11,14H2/p+1. The second-order valence-electron chi connectivity index (χ2n) is 7.82. The molecule has 134 valence electrons. The first-order valence-corrected chi connectivity index (χ1v) is 10.6. The van der Waals surface area contributed by atoms with Crippen LogP contribution in [0.2, 0.25) is 0 Å². The molecule has 26 heavy (non-hydrogen) atoms. The van der Waals surface area contributed by atoms with Crippen molar-refractivity contribution < 1.29 is 10.0 Å². The van der Waals surface area contributed by atoms with Crippen molar-refractivity contribution in [2.45, 2.75) is 44.6 Å². The summed E-state index contributed by atoms with van der Waals surface area (Å²) in [6.45, 7) is 3.28. The number of piperidine rings is 1. The van der Waals surface area contributed by atoms with E-state index in [1.165, 1.54) is 46.5 Å². The highest BCUT2D eigenvalue weighted by molar-refractivity contribution is 7.18. The van der Waals surface area contributed by atoms with Gasteiger partial charge in [0.1, 0.15) is 12.3 Å². The Kier molecular flexibility index (Phi) is 4.18. The molecule has 1 saturated heterocycles. The van der Waals surface area contributed by atoms with Gasteiger partial charge in [0.2, 0.25) is 0 Å². The van der Waals surface area contributed by atoms with Crippen LogP contribution in [0.5, 0.6) is 5.75 Å². The van der Waals surface area contributed by atoms with Crippen molar-refractivity contribution in [2.75, 3.05) is 13.1 Å². The Morgan fingerprint density at radius 1 is 1.08 bits per heavy atom. The fourth-order valence-corrected chi connectivity index (χ4v) is 5.72. The zero-order valence-corrected chi connectivity index (χ0v) is 15.8. The molecule has 5 rings (SSSR count). The third-order valence-corrected chi connectivity index (χ3v) is 7.28. The number of para-hydroxylation sites is 1. The Hall–Kier alpha value is -1.91. The molecule has 1 aliphatic heterocycles. The van der Waals surface area contributed by atoms with Crippen LogP contribution in [-0.4, -0.2) is 23.2 Å². The van der Waals surface area contributed by atoms with E-state index in [0.717, 1.165) is 37.1 Å². The highest BCUT2D eigenvalue weighted by Crippen LogP contribution is 2.32. The number of nitrogens with one attached hydrogen (secondary N) is 1. The molecule has 1 aromatic heterocycles. The number of nitrogens with zero attached hydrogens (tertiary/aromatic N) is 1. The summed E-state index contributed by atoms with van der Waals surface area (Å²) >= 11 is 1.86. The molecule has 2 aliphatic rings. The predicted octanol–water partition coefficient (Wildman–Crippen LogP) is 3.45. The Bertz CT molecular complexity index is 907. The van der Waals surface area contributed by atoms with Gasteiger partial charge in [-0.1, -0.05) is 12.1 Å². The summed E-state index contributed by atoms with van der Waals surface area (Å²) in [5.74, 6) is 1.11. The highest BCUT2D eigenvalue weighted by atomic mass is 32.1. The molecule has 2 aromatic carbocycles. The van der Waals surface area contributed by atoms with E-state index >= 15 is 0 Å². The molecule has 0 amide bonds. The van der Waals surface area contributed by atoms with Gasteiger partial charge in [0.05, 0.1) is 28.3 Å². The molecule has 0 saturated carbocycles. The number of hydrogen-bond acceptors (Lipinski definition) is 3. The fraction of sp³-hybridized carbons (Fsp3) is 0.409. The Morgan fingerprint density at radius 2 is 1.85 bits per heavy atom. The summed E-state index contributed by atoms with van der Waals surface area (Å²) in [6.07, 6.45) is 5.93. The van der Waals surface area contributed by atoms with Gasteiger partial charge in [-0.25, -0.2) is 4.98 Å². The Labute approximate surface area is 158 Å². The van der Waals surface area contributed by atoms with Gasteiger partial charge < -0.3 is 10.0 Å². The van der Waals surface area contributed by atoms with E-state index in [0.29, 0.717) is 11.7 Å². The molecule has 2 heterocycles. The van der Waals surface area contributed by atoms with E-state index in [1.54, 1.807) is 4.90 Å². The number of rotatable bonds is 3. The van der Waals surface area contributed by atoms with Crippen molar-refractivity contribution in [1.82, 2.24) is 4.98 Å². The summed E-state index contributed by atoms with van der Waals surface area (Å²) in [5, 5.41) is 11.7. The molecule has 4 heteroatoms. The lowest BCUT2D eigenvalue weighted by molar-refractivity contribution is -0.919. The number of benzene rings is 2. The number of quaternary nitrogens is 1. The number of aryl methyl sites for hydroxylation is 2. The maximum absolute atomic E-state index is 10.4. The van der Waals surface area contributed by atoms with Crippen LogP contribution in [0.3, 0.4) is 0 Å². The second-order valence-corrected chi connectivity index (χ2v) is 8.89. The maximum Gasteiger partial charge on any atom is 0.124 e. The van der Waals surface area contributed by atoms with Crippen molar-refractivity contribution in [2.24, 2.45) is 0 Å². The molecule has 3 aromatic rings. The van der Waals surface area contributed by atoms with E-state index in [-0.39, 0.29) is 0 Å². The molecule has 0 unspecified atom stereocenters. The van der Waals surface area contributed by atoms with Crippen LogP contribution in [0.4, 0.5) is 0 Å². The third kappa shape index (κ3) is 3.01. The molecule has 2 N–H and O–H groups in total. The SMILES string of the molecule is Oc1cc2c(cc1C[NH+]1CCC(c3nc4ccccc4s3)CC1)CCC2. The molecule has 0 radical (unpaired) electrons. The average molecular weight is 366 g/mol. The average Bonchev–Trinajstić information content (AvgIpc) is 3.29. The quantitative estimate of drug-likeness (QED) is 0.746. The first kappa shape index (κ1) is 16.3. The van der Waals surface area contributed by atoms with Crippen LogP contribution in [0.15, 0.2) is 36.4 Å². The van der Waals surface area contributed by atoms with Gasteiger partial charge in [-0.05, 0) is 54.7 Å². The normalized spacial score (nSPS) is 22.6. The van der Waals surface area contributed by atoms with Gasteiger partial charge in [0, 0.05) is 24.3 Å². The topological polar surface area (TPSA) is 37.6 Å². The lowest BCUT2D eigenvalue weighted by atomic mass is 9.96. The number of fused-ring (bicyclic) bond motifs is 2. The van der Waals surface area contributed by atoms with E-state index < -0.39 is 0 Å². The highest BCUT2D eigenvalue weighted by Gasteiger charge is 2.27. The summed E-state index contributed by atoms with van der Waals surface area (Å²) in [4.78, 5) is 6.46. The summed E-state index contributed by atoms with van der Waals surface area (Å²) < 4.78 is 1.31. The summed E-state index contributed by atoms with van der Waals surface area (Å²) in [5.41, 5.74) is 5.10. The number of phenols is 1. The first-order valence-electron chi connectivity index (χ1n) is 9.79. The van der Waals surface area contributed by atoms with Gasteiger partial charge in [0.15, 0.2) is 0 Å². The molecule has 1 fully saturated rings. The Morgan fingerprint density at radius 3 is 2.65 bits per heavy atom. The first-order chi connectivity index (χ1) is 12.8. The van der Waals surface area contributed by atoms with Gasteiger partial charge in [-0.3, -0.25) is 0 Å². The number of hydrogen-bond donors (Lipinski definition) is 2. The van der Waals surface area contributed by atoms with Crippen LogP contribution in [0.25, 0.3) is 10.2 Å². The number of likely N-dealkylation sites (tertiary alicyclic amines) is 1. The molecule has 1 aliphatic carbocycles. The monoisotopic (exact) mass is 365 g/mol. The number of aromatic hydroxyl groups is 1. The molecular formula is C22H25N2OS+. The van der Waals surface area contributed by atoms with E-state index in [9.17, 15) is 5.11 Å². The number of thiazole rings is 1. The molecular weight excluding hydrogens is 340 g/mol. The Balaban J connectivity index is 1.26. The molecule has 0 atom stereocenters. The number of aromatic nitrogens is 1. The van der Waals surface area contributed by atoms with Gasteiger partial charge >= 0.3 is 0 Å². The molecule has 0 bridgehead atoms. The minimum atomic E-state index is 0.506. The lowest BCUT2D eigenvalue weighted by Crippen LogP contribution is -3.11. The summed E-state index contributed by atoms with van der Waals surface area (Å²) in [7, 11) is 0. The zero-order valence-electron chi connectivity index (χ0n) is 15.0. The molecule has 3 nitrogen and oxygen atoms in total. The van der Waals surface area contributed by atoms with E-state index in [1.807, 2.05) is 17.4 Å². The van der Waals surface area contributed by atoms with Crippen molar-refractivity contribution in [3.05, 3.63) is 58.1 Å². The minimum Gasteiger partial charge on any atom is -0.507 e. The van der Waals surface area contributed by atoms with Crippen molar-refractivity contribution in [3.63, 3.8) is 0 Å². The van der Waals surface area contributed by atoms with E-state index in [2.05, 4.69) is 30.3 Å². The van der Waals surface area contributed by atoms with Gasteiger partial charge in [-0.2, -0.15) is 0 Å². The lowest BCUT2D eigenvalue weighted by Gasteiger charge is -2.28. The van der Waals surface area contributed by atoms with Crippen LogP contribution >= 0.6 is 11.3 Å². The van der Waals surface area contributed by atoms with Crippen LogP contribution in [0, 0.1) is 0 Å². The number of phenolic OH excluding ortho intramolecular Hbond substituents is 1. The van der Waals surface area contributed by atoms with Crippen molar-refractivity contribution >= 4 is 21.6 Å². The van der Waals surface area contributed by atoms with Crippen LogP contribution in [0.1, 0.15) is 46.9 Å². The maximum atomic E-state index is 10.4. The second kappa shape index (κ2) is 6.67. The van der Waals surface area contributed by atoms with E-state index in [4.69, 9.17) is 4.98 Å². The zero-order chi connectivity index (χ0) is 17.5.